The Balaban J connectivity index is 1.64. The molecule has 116 valence electrons. The maximum Gasteiger partial charge on any atom is 0.327 e. The summed E-state index contributed by atoms with van der Waals surface area (Å²) in [5.74, 6) is -1.49. The molecule has 0 bridgehead atoms. The molecule has 2 aliphatic rings. The summed E-state index contributed by atoms with van der Waals surface area (Å²) in [5.41, 5.74) is 6.54. The number of thioether (sulfide) groups is 1. The monoisotopic (exact) mass is 321 g/mol. The predicted molar refractivity (Wildman–Crippen MR) is 79.8 cm³/mol. The Hall–Kier alpha value is -2.06. The molecule has 1 aromatic rings. The van der Waals surface area contributed by atoms with E-state index in [1.165, 1.54) is 16.7 Å². The number of carbonyl (C=O) groups excluding carboxylic acids is 2. The summed E-state index contributed by atoms with van der Waals surface area (Å²) >= 11 is 1.36. The molecule has 0 radical (unpaired) electrons. The van der Waals surface area contributed by atoms with Gasteiger partial charge in [-0.2, -0.15) is 0 Å². The minimum atomic E-state index is -1.02. The molecule has 1 aromatic carbocycles. The number of nitrogens with zero attached hydrogens (tertiary/aromatic N) is 1. The highest BCUT2D eigenvalue weighted by Gasteiger charge is 2.57. The highest BCUT2D eigenvalue weighted by atomic mass is 32.2. The fourth-order valence-electron chi connectivity index (χ4n) is 2.64. The fourth-order valence-corrected chi connectivity index (χ4v) is 4.11. The summed E-state index contributed by atoms with van der Waals surface area (Å²) in [6, 6.07) is 6.50. The van der Waals surface area contributed by atoms with Gasteiger partial charge in [0.15, 0.2) is 0 Å². The molecule has 4 N–H and O–H groups in total. The van der Waals surface area contributed by atoms with E-state index in [4.69, 9.17) is 10.8 Å². The van der Waals surface area contributed by atoms with Crippen molar-refractivity contribution in [1.82, 2.24) is 10.2 Å². The van der Waals surface area contributed by atoms with Gasteiger partial charge in [-0.3, -0.25) is 9.59 Å². The number of carbonyl (C=O) groups is 3. The number of carboxylic acids is 1. The van der Waals surface area contributed by atoms with Gasteiger partial charge in [-0.05, 0) is 5.56 Å². The number of hydrogen-bond acceptors (Lipinski definition) is 5. The minimum absolute atomic E-state index is 0.319. The Morgan fingerprint density at radius 2 is 2.05 bits per heavy atom. The van der Waals surface area contributed by atoms with E-state index in [1.807, 2.05) is 6.07 Å². The van der Waals surface area contributed by atoms with Crippen molar-refractivity contribution in [2.24, 2.45) is 5.73 Å². The van der Waals surface area contributed by atoms with Crippen molar-refractivity contribution in [3.8, 4) is 0 Å². The molecule has 7 nitrogen and oxygen atoms in total. The van der Waals surface area contributed by atoms with Crippen LogP contribution in [-0.2, 0) is 14.4 Å². The highest BCUT2D eigenvalue weighted by molar-refractivity contribution is 8.00. The van der Waals surface area contributed by atoms with Crippen LogP contribution in [0.4, 0.5) is 0 Å². The molecule has 8 heteroatoms. The molecule has 4 unspecified atom stereocenters. The molecule has 0 aromatic heterocycles. The van der Waals surface area contributed by atoms with Crippen LogP contribution in [-0.4, -0.2) is 51.0 Å². The standard InChI is InChI=1S/C14H15N3O4S/c15-9(7-4-2-1-3-5-7)11(18)16-10-12(19)17-8(14(20)21)6-22-13(10)17/h1-5,8-10,13H,6,15H2,(H,16,18)(H,20,21). The molecule has 3 rings (SSSR count). The van der Waals surface area contributed by atoms with E-state index in [9.17, 15) is 14.4 Å². The van der Waals surface area contributed by atoms with Crippen molar-refractivity contribution in [2.45, 2.75) is 23.5 Å². The van der Waals surface area contributed by atoms with Crippen molar-refractivity contribution in [3.05, 3.63) is 35.9 Å². The van der Waals surface area contributed by atoms with Crippen molar-refractivity contribution in [1.29, 1.82) is 0 Å². The van der Waals surface area contributed by atoms with Crippen molar-refractivity contribution < 1.29 is 19.5 Å². The number of aliphatic carboxylic acids is 1. The first kappa shape index (κ1) is 14.9. The van der Waals surface area contributed by atoms with Gasteiger partial charge in [0, 0.05) is 5.75 Å². The van der Waals surface area contributed by atoms with E-state index < -0.39 is 30.0 Å². The van der Waals surface area contributed by atoms with Gasteiger partial charge in [-0.15, -0.1) is 11.8 Å². The van der Waals surface area contributed by atoms with Crippen LogP contribution in [0.1, 0.15) is 11.6 Å². The van der Waals surface area contributed by atoms with Gasteiger partial charge in [0.1, 0.15) is 23.5 Å². The lowest BCUT2D eigenvalue weighted by atomic mass is 10.0. The third-order valence-electron chi connectivity index (χ3n) is 3.86. The van der Waals surface area contributed by atoms with E-state index in [0.717, 1.165) is 0 Å². The Morgan fingerprint density at radius 3 is 2.68 bits per heavy atom. The number of amides is 2. The molecule has 0 spiro atoms. The molecule has 4 atom stereocenters. The van der Waals surface area contributed by atoms with Gasteiger partial charge in [0.25, 0.3) is 0 Å². The van der Waals surface area contributed by atoms with Crippen LogP contribution in [0.15, 0.2) is 30.3 Å². The van der Waals surface area contributed by atoms with E-state index in [0.29, 0.717) is 11.3 Å². The van der Waals surface area contributed by atoms with Gasteiger partial charge in [0.2, 0.25) is 11.8 Å². The normalized spacial score (nSPS) is 27.8. The average Bonchev–Trinajstić information content (AvgIpc) is 2.93. The molecule has 2 aliphatic heterocycles. The zero-order valence-electron chi connectivity index (χ0n) is 11.5. The third-order valence-corrected chi connectivity index (χ3v) is 5.21. The Bertz CT molecular complexity index is 624. The molecule has 2 fully saturated rings. The Kier molecular flexibility index (Phi) is 3.79. The largest absolute Gasteiger partial charge is 0.480 e. The van der Waals surface area contributed by atoms with Gasteiger partial charge in [-0.1, -0.05) is 30.3 Å². The molecule has 0 aliphatic carbocycles. The van der Waals surface area contributed by atoms with Crippen LogP contribution >= 0.6 is 11.8 Å². The second-order valence-corrected chi connectivity index (χ2v) is 6.35. The number of fused-ring (bicyclic) bond motifs is 1. The average molecular weight is 321 g/mol. The van der Waals surface area contributed by atoms with Crippen LogP contribution in [0.5, 0.6) is 0 Å². The van der Waals surface area contributed by atoms with Gasteiger partial charge in [0.05, 0.1) is 0 Å². The highest BCUT2D eigenvalue weighted by Crippen LogP contribution is 2.39. The lowest BCUT2D eigenvalue weighted by Crippen LogP contribution is -2.70. The number of β-lactam (4-membered cyclic amide) rings is 1. The maximum absolute atomic E-state index is 12.2. The van der Waals surface area contributed by atoms with Crippen LogP contribution < -0.4 is 11.1 Å². The second-order valence-electron chi connectivity index (χ2n) is 5.20. The smallest absolute Gasteiger partial charge is 0.327 e. The van der Waals surface area contributed by atoms with Crippen molar-refractivity contribution in [2.75, 3.05) is 5.75 Å². The Labute approximate surface area is 130 Å². The maximum atomic E-state index is 12.2. The summed E-state index contributed by atoms with van der Waals surface area (Å²) in [7, 11) is 0. The number of nitrogens with one attached hydrogen (secondary N) is 1. The zero-order valence-corrected chi connectivity index (χ0v) is 12.3. The molecular formula is C14H15N3O4S. The molecule has 22 heavy (non-hydrogen) atoms. The number of rotatable bonds is 4. The fraction of sp³-hybridized carbons (Fsp3) is 0.357. The topological polar surface area (TPSA) is 113 Å². The molecular weight excluding hydrogens is 306 g/mol. The van der Waals surface area contributed by atoms with Crippen LogP contribution in [0.25, 0.3) is 0 Å². The second kappa shape index (κ2) is 5.62. The van der Waals surface area contributed by atoms with Crippen molar-refractivity contribution in [3.63, 3.8) is 0 Å². The SMILES string of the molecule is NC(C(=O)NC1C(=O)N2C(C(=O)O)CSC12)c1ccccc1. The zero-order chi connectivity index (χ0) is 15.9. The van der Waals surface area contributed by atoms with Crippen molar-refractivity contribution >= 4 is 29.5 Å². The lowest BCUT2D eigenvalue weighted by molar-refractivity contribution is -0.159. The summed E-state index contributed by atoms with van der Waals surface area (Å²) < 4.78 is 0. The van der Waals surface area contributed by atoms with Crippen LogP contribution in [0.2, 0.25) is 0 Å². The summed E-state index contributed by atoms with van der Waals surface area (Å²) in [5, 5.41) is 11.4. The molecule has 2 amide bonds. The summed E-state index contributed by atoms with van der Waals surface area (Å²) in [4.78, 5) is 36.6. The molecule has 0 saturated carbocycles. The first-order valence-electron chi connectivity index (χ1n) is 6.78. The van der Waals surface area contributed by atoms with Crippen LogP contribution in [0.3, 0.4) is 0 Å². The Morgan fingerprint density at radius 1 is 1.36 bits per heavy atom. The number of benzene rings is 1. The number of hydrogen-bond donors (Lipinski definition) is 3. The molecule has 2 heterocycles. The van der Waals surface area contributed by atoms with Crippen LogP contribution in [0, 0.1) is 0 Å². The summed E-state index contributed by atoms with van der Waals surface area (Å²) in [6.07, 6.45) is 0. The number of nitrogens with two attached hydrogens (primary N) is 1. The van der Waals surface area contributed by atoms with E-state index >= 15 is 0 Å². The lowest BCUT2D eigenvalue weighted by Gasteiger charge is -2.43. The van der Waals surface area contributed by atoms with E-state index in [2.05, 4.69) is 5.32 Å². The van der Waals surface area contributed by atoms with E-state index in [1.54, 1.807) is 24.3 Å². The summed E-state index contributed by atoms with van der Waals surface area (Å²) in [6.45, 7) is 0. The molecule has 2 saturated heterocycles. The number of carboxylic acid groups (broad SMARTS) is 1. The van der Waals surface area contributed by atoms with E-state index in [-0.39, 0.29) is 11.3 Å². The first-order valence-corrected chi connectivity index (χ1v) is 7.83. The minimum Gasteiger partial charge on any atom is -0.480 e. The van der Waals surface area contributed by atoms with Gasteiger partial charge in [-0.25, -0.2) is 4.79 Å². The first-order chi connectivity index (χ1) is 10.5. The van der Waals surface area contributed by atoms with Gasteiger partial charge < -0.3 is 21.1 Å². The quantitative estimate of drug-likeness (QED) is 0.647. The van der Waals surface area contributed by atoms with Gasteiger partial charge >= 0.3 is 5.97 Å². The third kappa shape index (κ3) is 2.34. The predicted octanol–water partition coefficient (Wildman–Crippen LogP) is -0.460.